The highest BCUT2D eigenvalue weighted by molar-refractivity contribution is 8.00. The lowest BCUT2D eigenvalue weighted by molar-refractivity contribution is 0.359. The number of hydrogen-bond donors (Lipinski definition) is 0. The number of rotatable bonds is 4. The summed E-state index contributed by atoms with van der Waals surface area (Å²) in [5.74, 6) is 1.49. The number of alkyl halides is 1. The van der Waals surface area contributed by atoms with Crippen LogP contribution in [-0.4, -0.2) is 20.6 Å². The maximum atomic E-state index is 6.16. The van der Waals surface area contributed by atoms with Gasteiger partial charge in [-0.3, -0.25) is 0 Å². The zero-order valence-electron chi connectivity index (χ0n) is 12.9. The average Bonchev–Trinajstić information content (AvgIpc) is 2.85. The monoisotopic (exact) mass is 322 g/mol. The molecule has 0 radical (unpaired) electrons. The minimum atomic E-state index is 0.359. The second-order valence-corrected chi connectivity index (χ2v) is 7.73. The van der Waals surface area contributed by atoms with Gasteiger partial charge in [-0.15, -0.1) is 11.6 Å². The fourth-order valence-electron chi connectivity index (χ4n) is 3.48. The highest BCUT2D eigenvalue weighted by Crippen LogP contribution is 2.40. The number of aromatic nitrogens is 2. The van der Waals surface area contributed by atoms with Crippen LogP contribution >= 0.6 is 23.4 Å². The van der Waals surface area contributed by atoms with E-state index < -0.39 is 0 Å². The molecule has 0 spiro atoms. The van der Waals surface area contributed by atoms with Crippen molar-refractivity contribution in [2.24, 2.45) is 0 Å². The van der Waals surface area contributed by atoms with Crippen molar-refractivity contribution in [2.45, 2.75) is 56.2 Å². The second-order valence-electron chi connectivity index (χ2n) is 6.19. The molecule has 1 aromatic carbocycles. The van der Waals surface area contributed by atoms with Crippen LogP contribution in [0.25, 0.3) is 11.0 Å². The lowest BCUT2D eigenvalue weighted by Gasteiger charge is -2.36. The number of fused-ring (bicyclic) bond motifs is 1. The summed E-state index contributed by atoms with van der Waals surface area (Å²) in [6.45, 7) is 3.15. The smallest absolute Gasteiger partial charge is 0.124 e. The molecular weight excluding hydrogens is 300 g/mol. The van der Waals surface area contributed by atoms with Crippen molar-refractivity contribution < 1.29 is 0 Å². The molecule has 0 aliphatic heterocycles. The van der Waals surface area contributed by atoms with E-state index in [1.807, 2.05) is 11.8 Å². The average molecular weight is 323 g/mol. The van der Waals surface area contributed by atoms with E-state index in [0.29, 0.717) is 10.6 Å². The Morgan fingerprint density at radius 1 is 1.29 bits per heavy atom. The van der Waals surface area contributed by atoms with Crippen molar-refractivity contribution in [2.75, 3.05) is 6.26 Å². The SMILES string of the molecule is CSC1(Cn2c(CCl)nc3cc(C)ccc32)CCCCC1. The van der Waals surface area contributed by atoms with E-state index in [2.05, 4.69) is 35.9 Å². The van der Waals surface area contributed by atoms with Crippen molar-refractivity contribution in [3.8, 4) is 0 Å². The molecule has 0 unspecified atom stereocenters. The third-order valence-corrected chi connectivity index (χ3v) is 6.39. The first kappa shape index (κ1) is 15.2. The Balaban J connectivity index is 2.02. The molecule has 1 fully saturated rings. The Hall–Kier alpha value is -0.670. The summed E-state index contributed by atoms with van der Waals surface area (Å²) in [6, 6.07) is 6.53. The molecule has 3 rings (SSSR count). The molecule has 4 heteroatoms. The number of halogens is 1. The number of benzene rings is 1. The molecule has 2 nitrogen and oxygen atoms in total. The van der Waals surface area contributed by atoms with Crippen LogP contribution in [0.1, 0.15) is 43.5 Å². The number of hydrogen-bond acceptors (Lipinski definition) is 2. The predicted molar refractivity (Wildman–Crippen MR) is 93.4 cm³/mol. The minimum Gasteiger partial charge on any atom is -0.326 e. The van der Waals surface area contributed by atoms with Gasteiger partial charge >= 0.3 is 0 Å². The number of aryl methyl sites for hydroxylation is 1. The Labute approximate surface area is 136 Å². The van der Waals surface area contributed by atoms with E-state index >= 15 is 0 Å². The van der Waals surface area contributed by atoms with E-state index in [1.54, 1.807) is 0 Å². The van der Waals surface area contributed by atoms with Crippen LogP contribution in [-0.2, 0) is 12.4 Å². The molecule has 1 saturated carbocycles. The van der Waals surface area contributed by atoms with Crippen LogP contribution in [0.5, 0.6) is 0 Å². The maximum Gasteiger partial charge on any atom is 0.124 e. The molecule has 21 heavy (non-hydrogen) atoms. The normalized spacial score (nSPS) is 18.2. The fraction of sp³-hybridized carbons (Fsp3) is 0.588. The summed E-state index contributed by atoms with van der Waals surface area (Å²) in [7, 11) is 0. The van der Waals surface area contributed by atoms with Crippen molar-refractivity contribution in [3.63, 3.8) is 0 Å². The fourth-order valence-corrected chi connectivity index (χ4v) is 4.64. The van der Waals surface area contributed by atoms with Gasteiger partial charge in [0.25, 0.3) is 0 Å². The lowest BCUT2D eigenvalue weighted by atomic mass is 9.88. The third kappa shape index (κ3) is 2.95. The van der Waals surface area contributed by atoms with Gasteiger partial charge in [0.1, 0.15) is 5.82 Å². The molecular formula is C17H23ClN2S. The molecule has 0 N–H and O–H groups in total. The lowest BCUT2D eigenvalue weighted by Crippen LogP contribution is -2.33. The standard InChI is InChI=1S/C17H23ClN2S/c1-13-6-7-15-14(10-13)19-16(11-18)20(15)12-17(21-2)8-4-3-5-9-17/h6-7,10H,3-5,8-9,11-12H2,1-2H3. The van der Waals surface area contributed by atoms with Gasteiger partial charge in [0.05, 0.1) is 16.9 Å². The zero-order valence-corrected chi connectivity index (χ0v) is 14.4. The third-order valence-electron chi connectivity index (χ3n) is 4.75. The van der Waals surface area contributed by atoms with Gasteiger partial charge in [0.15, 0.2) is 0 Å². The summed E-state index contributed by atoms with van der Waals surface area (Å²) in [5, 5.41) is 0. The molecule has 2 aromatic rings. The van der Waals surface area contributed by atoms with E-state index in [0.717, 1.165) is 17.9 Å². The van der Waals surface area contributed by atoms with Crippen molar-refractivity contribution in [3.05, 3.63) is 29.6 Å². The van der Waals surface area contributed by atoms with Crippen molar-refractivity contribution in [1.29, 1.82) is 0 Å². The van der Waals surface area contributed by atoms with E-state index in [9.17, 15) is 0 Å². The van der Waals surface area contributed by atoms with Crippen LogP contribution < -0.4 is 0 Å². The number of nitrogens with zero attached hydrogens (tertiary/aromatic N) is 2. The molecule has 1 heterocycles. The molecule has 1 aromatic heterocycles. The Morgan fingerprint density at radius 2 is 2.05 bits per heavy atom. The van der Waals surface area contributed by atoms with Crippen molar-refractivity contribution in [1.82, 2.24) is 9.55 Å². The highest BCUT2D eigenvalue weighted by atomic mass is 35.5. The van der Waals surface area contributed by atoms with Crippen LogP contribution in [0.3, 0.4) is 0 Å². The maximum absolute atomic E-state index is 6.16. The van der Waals surface area contributed by atoms with Gasteiger partial charge in [-0.05, 0) is 43.7 Å². The van der Waals surface area contributed by atoms with Crippen molar-refractivity contribution >= 4 is 34.4 Å². The summed E-state index contributed by atoms with van der Waals surface area (Å²) in [4.78, 5) is 4.74. The molecule has 0 amide bonds. The van der Waals surface area contributed by atoms with Crippen LogP contribution in [0.4, 0.5) is 0 Å². The summed E-state index contributed by atoms with van der Waals surface area (Å²) in [6.07, 6.45) is 8.96. The Kier molecular flexibility index (Phi) is 4.51. The first-order valence-electron chi connectivity index (χ1n) is 7.74. The molecule has 0 atom stereocenters. The number of thioether (sulfide) groups is 1. The first-order chi connectivity index (χ1) is 10.2. The van der Waals surface area contributed by atoms with Crippen LogP contribution in [0, 0.1) is 6.92 Å². The molecule has 1 aliphatic rings. The van der Waals surface area contributed by atoms with Gasteiger partial charge in [-0.25, -0.2) is 4.98 Å². The zero-order chi connectivity index (χ0) is 14.9. The van der Waals surface area contributed by atoms with Gasteiger partial charge in [-0.2, -0.15) is 11.8 Å². The predicted octanol–water partition coefficient (Wildman–Crippen LogP) is 5.15. The van der Waals surface area contributed by atoms with Crippen LogP contribution in [0.15, 0.2) is 18.2 Å². The summed E-state index contributed by atoms with van der Waals surface area (Å²) < 4.78 is 2.72. The van der Waals surface area contributed by atoms with Gasteiger partial charge in [0.2, 0.25) is 0 Å². The van der Waals surface area contributed by atoms with Gasteiger partial charge in [0, 0.05) is 11.3 Å². The molecule has 0 saturated heterocycles. The second kappa shape index (κ2) is 6.21. The largest absolute Gasteiger partial charge is 0.326 e. The van der Waals surface area contributed by atoms with E-state index in [-0.39, 0.29) is 0 Å². The topological polar surface area (TPSA) is 17.8 Å². The minimum absolute atomic E-state index is 0.359. The summed E-state index contributed by atoms with van der Waals surface area (Å²) >= 11 is 8.19. The van der Waals surface area contributed by atoms with Crippen LogP contribution in [0.2, 0.25) is 0 Å². The molecule has 1 aliphatic carbocycles. The van der Waals surface area contributed by atoms with E-state index in [4.69, 9.17) is 16.6 Å². The van der Waals surface area contributed by atoms with Gasteiger partial charge in [-0.1, -0.05) is 25.3 Å². The summed E-state index contributed by atoms with van der Waals surface area (Å²) in [5.41, 5.74) is 3.57. The quantitative estimate of drug-likeness (QED) is 0.724. The molecule has 114 valence electrons. The Morgan fingerprint density at radius 3 is 2.71 bits per heavy atom. The first-order valence-corrected chi connectivity index (χ1v) is 9.50. The Bertz CT molecular complexity index is 629. The number of imidazole rings is 1. The van der Waals surface area contributed by atoms with Gasteiger partial charge < -0.3 is 4.57 Å². The molecule has 0 bridgehead atoms. The van der Waals surface area contributed by atoms with E-state index in [1.165, 1.54) is 43.2 Å². The highest BCUT2D eigenvalue weighted by Gasteiger charge is 2.32.